The molecule has 0 saturated carbocycles. The van der Waals surface area contributed by atoms with Crippen LogP contribution in [-0.4, -0.2) is 28.7 Å². The van der Waals surface area contributed by atoms with E-state index in [9.17, 15) is 9.90 Å². The zero-order valence-corrected chi connectivity index (χ0v) is 12.8. The van der Waals surface area contributed by atoms with E-state index in [1.165, 1.54) is 11.6 Å². The lowest BCUT2D eigenvalue weighted by Gasteiger charge is -2.20. The highest BCUT2D eigenvalue weighted by Gasteiger charge is 2.13. The molecule has 112 valence electrons. The maximum absolute atomic E-state index is 11.8. The van der Waals surface area contributed by atoms with Gasteiger partial charge in [0.15, 0.2) is 5.75 Å². The van der Waals surface area contributed by atoms with E-state index in [2.05, 4.69) is 12.1 Å². The molecule has 0 spiro atoms. The Hall–Kier alpha value is -2.07. The number of pyridine rings is 1. The van der Waals surface area contributed by atoms with Crippen molar-refractivity contribution in [2.75, 3.05) is 14.1 Å². The Labute approximate surface area is 125 Å². The Morgan fingerprint density at radius 2 is 1.86 bits per heavy atom. The fraction of sp³-hybridized carbons (Fsp3) is 0.353. The van der Waals surface area contributed by atoms with Crippen LogP contribution in [0, 0.1) is 6.92 Å². The quantitative estimate of drug-likeness (QED) is 0.916. The van der Waals surface area contributed by atoms with E-state index in [1.807, 2.05) is 48.7 Å². The average molecular weight is 286 g/mol. The van der Waals surface area contributed by atoms with Gasteiger partial charge in [0.25, 0.3) is 0 Å². The Bertz CT molecular complexity index is 660. The summed E-state index contributed by atoms with van der Waals surface area (Å²) in [5, 5.41) is 10.1. The normalized spacial score (nSPS) is 11.0. The van der Waals surface area contributed by atoms with Crippen LogP contribution in [0.3, 0.4) is 0 Å². The average Bonchev–Trinajstić information content (AvgIpc) is 2.44. The summed E-state index contributed by atoms with van der Waals surface area (Å²) in [6.45, 7) is 3.19. The van der Waals surface area contributed by atoms with Crippen LogP contribution in [0.5, 0.6) is 5.75 Å². The minimum atomic E-state index is -0.305. The molecule has 0 unspecified atom stereocenters. The molecule has 1 N–H and O–H groups in total. The van der Waals surface area contributed by atoms with Gasteiger partial charge in [-0.3, -0.25) is 4.79 Å². The topological polar surface area (TPSA) is 45.5 Å². The van der Waals surface area contributed by atoms with Gasteiger partial charge in [-0.1, -0.05) is 30.3 Å². The zero-order chi connectivity index (χ0) is 15.4. The van der Waals surface area contributed by atoms with Crippen LogP contribution in [0.15, 0.2) is 41.2 Å². The van der Waals surface area contributed by atoms with Crippen LogP contribution < -0.4 is 5.43 Å². The molecule has 0 bridgehead atoms. The van der Waals surface area contributed by atoms with E-state index in [1.54, 1.807) is 0 Å². The van der Waals surface area contributed by atoms with Crippen LogP contribution in [0.4, 0.5) is 0 Å². The molecule has 4 nitrogen and oxygen atoms in total. The van der Waals surface area contributed by atoms with E-state index >= 15 is 0 Å². The second-order valence-corrected chi connectivity index (χ2v) is 5.57. The Kier molecular flexibility index (Phi) is 4.81. The largest absolute Gasteiger partial charge is 0.503 e. The maximum Gasteiger partial charge on any atom is 0.223 e. The molecule has 21 heavy (non-hydrogen) atoms. The molecule has 0 aliphatic heterocycles. The molecule has 0 saturated heterocycles. The summed E-state index contributed by atoms with van der Waals surface area (Å²) in [5.41, 5.74) is 2.50. The molecular formula is C17H22N2O2. The lowest BCUT2D eigenvalue weighted by molar-refractivity contribution is 0.362. The summed E-state index contributed by atoms with van der Waals surface area (Å²) < 4.78 is 2.03. The third-order valence-electron chi connectivity index (χ3n) is 3.53. The monoisotopic (exact) mass is 286 g/mol. The third-order valence-corrected chi connectivity index (χ3v) is 3.53. The minimum absolute atomic E-state index is 0.137. The van der Waals surface area contributed by atoms with E-state index in [0.717, 1.165) is 18.7 Å². The summed E-state index contributed by atoms with van der Waals surface area (Å²) in [6.07, 6.45) is 0.865. The van der Waals surface area contributed by atoms with Crippen LogP contribution in [0.2, 0.25) is 0 Å². The standard InChI is InChI=1S/C17H22N2O2/c1-13-11-16(20)17(21)15(12-18(2)3)19(13)10-9-14-7-5-4-6-8-14/h4-8,11,21H,9-10,12H2,1-3H3. The second kappa shape index (κ2) is 6.59. The van der Waals surface area contributed by atoms with Gasteiger partial charge in [0, 0.05) is 24.8 Å². The maximum atomic E-state index is 11.8. The first-order valence-electron chi connectivity index (χ1n) is 7.10. The van der Waals surface area contributed by atoms with Crippen molar-refractivity contribution in [2.24, 2.45) is 0 Å². The predicted octanol–water partition coefficient (Wildman–Crippen LogP) is 2.17. The molecule has 0 aliphatic carbocycles. The third kappa shape index (κ3) is 3.73. The van der Waals surface area contributed by atoms with Gasteiger partial charge in [0.1, 0.15) is 0 Å². The van der Waals surface area contributed by atoms with Crippen molar-refractivity contribution in [3.8, 4) is 5.75 Å². The minimum Gasteiger partial charge on any atom is -0.503 e. The first kappa shape index (κ1) is 15.3. The predicted molar refractivity (Wildman–Crippen MR) is 84.6 cm³/mol. The number of aromatic nitrogens is 1. The lowest BCUT2D eigenvalue weighted by Crippen LogP contribution is -2.22. The molecule has 4 heteroatoms. The molecule has 0 amide bonds. The Morgan fingerprint density at radius 1 is 1.19 bits per heavy atom. The molecule has 1 aromatic heterocycles. The molecule has 2 aromatic rings. The van der Waals surface area contributed by atoms with Crippen molar-refractivity contribution in [3.63, 3.8) is 0 Å². The highest BCUT2D eigenvalue weighted by molar-refractivity contribution is 5.30. The van der Waals surface area contributed by atoms with Gasteiger partial charge in [-0.25, -0.2) is 0 Å². The van der Waals surface area contributed by atoms with Gasteiger partial charge >= 0.3 is 0 Å². The highest BCUT2D eigenvalue weighted by atomic mass is 16.3. The summed E-state index contributed by atoms with van der Waals surface area (Å²) in [6, 6.07) is 11.7. The van der Waals surface area contributed by atoms with Gasteiger partial charge in [0.2, 0.25) is 5.43 Å². The summed E-state index contributed by atoms with van der Waals surface area (Å²) >= 11 is 0. The molecule has 0 aliphatic rings. The molecular weight excluding hydrogens is 264 g/mol. The van der Waals surface area contributed by atoms with Gasteiger partial charge in [-0.15, -0.1) is 0 Å². The Morgan fingerprint density at radius 3 is 2.48 bits per heavy atom. The fourth-order valence-corrected chi connectivity index (χ4v) is 2.48. The van der Waals surface area contributed by atoms with Crippen molar-refractivity contribution >= 4 is 0 Å². The molecule has 1 aromatic carbocycles. The van der Waals surface area contributed by atoms with Crippen molar-refractivity contribution < 1.29 is 5.11 Å². The van der Waals surface area contributed by atoms with Crippen LogP contribution in [-0.2, 0) is 19.5 Å². The van der Waals surface area contributed by atoms with Crippen molar-refractivity contribution in [3.05, 3.63) is 63.6 Å². The van der Waals surface area contributed by atoms with Gasteiger partial charge in [-0.2, -0.15) is 0 Å². The van der Waals surface area contributed by atoms with Crippen LogP contribution in [0.25, 0.3) is 0 Å². The van der Waals surface area contributed by atoms with E-state index in [-0.39, 0.29) is 11.2 Å². The van der Waals surface area contributed by atoms with E-state index < -0.39 is 0 Å². The molecule has 0 radical (unpaired) electrons. The number of aryl methyl sites for hydroxylation is 2. The first-order valence-corrected chi connectivity index (χ1v) is 7.10. The second-order valence-electron chi connectivity index (χ2n) is 5.57. The van der Waals surface area contributed by atoms with Crippen molar-refractivity contribution in [1.29, 1.82) is 0 Å². The Balaban J connectivity index is 2.33. The number of rotatable bonds is 5. The summed E-state index contributed by atoms with van der Waals surface area (Å²) in [7, 11) is 3.85. The number of hydrogen-bond donors (Lipinski definition) is 1. The summed E-state index contributed by atoms with van der Waals surface area (Å²) in [4.78, 5) is 13.7. The van der Waals surface area contributed by atoms with Crippen LogP contribution in [0.1, 0.15) is 17.0 Å². The molecule has 0 atom stereocenters. The highest BCUT2D eigenvalue weighted by Crippen LogP contribution is 2.17. The van der Waals surface area contributed by atoms with Gasteiger partial charge in [0.05, 0.1) is 5.69 Å². The smallest absolute Gasteiger partial charge is 0.223 e. The fourth-order valence-electron chi connectivity index (χ4n) is 2.48. The lowest BCUT2D eigenvalue weighted by atomic mass is 10.1. The molecule has 0 fully saturated rings. The number of benzene rings is 1. The summed E-state index contributed by atoms with van der Waals surface area (Å²) in [5.74, 6) is -0.137. The first-order chi connectivity index (χ1) is 9.99. The van der Waals surface area contributed by atoms with Crippen molar-refractivity contribution in [2.45, 2.75) is 26.4 Å². The molecule has 2 rings (SSSR count). The number of hydrogen-bond acceptors (Lipinski definition) is 3. The van der Waals surface area contributed by atoms with Gasteiger partial charge < -0.3 is 14.6 Å². The van der Waals surface area contributed by atoms with Gasteiger partial charge in [-0.05, 0) is 33.0 Å². The van der Waals surface area contributed by atoms with E-state index in [4.69, 9.17) is 0 Å². The number of aromatic hydroxyl groups is 1. The zero-order valence-electron chi connectivity index (χ0n) is 12.8. The van der Waals surface area contributed by atoms with Crippen molar-refractivity contribution in [1.82, 2.24) is 9.47 Å². The molecule has 1 heterocycles. The van der Waals surface area contributed by atoms with Crippen LogP contribution >= 0.6 is 0 Å². The SMILES string of the molecule is Cc1cc(=O)c(O)c(CN(C)C)n1CCc1ccccc1. The number of nitrogens with zero attached hydrogens (tertiary/aromatic N) is 2. The van der Waals surface area contributed by atoms with E-state index in [0.29, 0.717) is 12.2 Å².